The van der Waals surface area contributed by atoms with Crippen LogP contribution in [-0.2, 0) is 22.4 Å². The zero-order valence-electron chi connectivity index (χ0n) is 14.3. The fraction of sp³-hybridized carbons (Fsp3) is 0.526. The summed E-state index contributed by atoms with van der Waals surface area (Å²) in [7, 11) is 0. The Hall–Kier alpha value is -1.65. The van der Waals surface area contributed by atoms with E-state index < -0.39 is 5.79 Å². The second-order valence-corrected chi connectivity index (χ2v) is 6.64. The number of hydrogen-bond acceptors (Lipinski definition) is 3. The van der Waals surface area contributed by atoms with Gasteiger partial charge in [0.05, 0.1) is 25.6 Å². The Morgan fingerprint density at radius 3 is 2.91 bits per heavy atom. The first kappa shape index (κ1) is 16.2. The molecule has 0 N–H and O–H groups in total. The van der Waals surface area contributed by atoms with Gasteiger partial charge in [-0.2, -0.15) is 0 Å². The Morgan fingerprint density at radius 2 is 2.22 bits per heavy atom. The number of aryl methyl sites for hydroxylation is 3. The zero-order chi connectivity index (χ0) is 16.3. The molecule has 1 aromatic heterocycles. The maximum absolute atomic E-state index is 6.26. The third-order valence-corrected chi connectivity index (χ3v) is 4.56. The van der Waals surface area contributed by atoms with Gasteiger partial charge in [0.2, 0.25) is 0 Å². The molecule has 23 heavy (non-hydrogen) atoms. The SMILES string of the molecule is Cc1ccc(CCC2(Cn3ccnc3)OCCC(C)O2)c(C)c1. The van der Waals surface area contributed by atoms with E-state index in [2.05, 4.69) is 44.0 Å². The van der Waals surface area contributed by atoms with Crippen LogP contribution < -0.4 is 0 Å². The molecule has 124 valence electrons. The average Bonchev–Trinajstić information content (AvgIpc) is 2.99. The van der Waals surface area contributed by atoms with Crippen molar-refractivity contribution < 1.29 is 9.47 Å². The highest BCUT2D eigenvalue weighted by Gasteiger charge is 2.37. The molecule has 0 saturated carbocycles. The summed E-state index contributed by atoms with van der Waals surface area (Å²) in [6.45, 7) is 7.87. The molecule has 2 heterocycles. The van der Waals surface area contributed by atoms with Crippen molar-refractivity contribution in [1.29, 1.82) is 0 Å². The monoisotopic (exact) mass is 314 g/mol. The third kappa shape index (κ3) is 4.01. The molecule has 2 atom stereocenters. The summed E-state index contributed by atoms with van der Waals surface area (Å²) in [4.78, 5) is 4.13. The minimum Gasteiger partial charge on any atom is -0.348 e. The summed E-state index contributed by atoms with van der Waals surface area (Å²) in [5.41, 5.74) is 4.01. The summed E-state index contributed by atoms with van der Waals surface area (Å²) in [6, 6.07) is 6.64. The molecule has 1 fully saturated rings. The van der Waals surface area contributed by atoms with E-state index >= 15 is 0 Å². The lowest BCUT2D eigenvalue weighted by atomic mass is 9.98. The second-order valence-electron chi connectivity index (χ2n) is 6.64. The van der Waals surface area contributed by atoms with Gasteiger partial charge in [0.15, 0.2) is 5.79 Å². The lowest BCUT2D eigenvalue weighted by molar-refractivity contribution is -0.298. The maximum atomic E-state index is 6.26. The summed E-state index contributed by atoms with van der Waals surface area (Å²) in [5.74, 6) is -0.560. The van der Waals surface area contributed by atoms with Crippen LogP contribution in [0.5, 0.6) is 0 Å². The van der Waals surface area contributed by atoms with Gasteiger partial charge in [0.25, 0.3) is 0 Å². The average molecular weight is 314 g/mol. The first-order valence-electron chi connectivity index (χ1n) is 8.40. The minimum atomic E-state index is -0.560. The van der Waals surface area contributed by atoms with Crippen LogP contribution >= 0.6 is 0 Å². The van der Waals surface area contributed by atoms with Crippen molar-refractivity contribution in [2.24, 2.45) is 0 Å². The molecule has 2 unspecified atom stereocenters. The number of ether oxygens (including phenoxy) is 2. The highest BCUT2D eigenvalue weighted by Crippen LogP contribution is 2.30. The van der Waals surface area contributed by atoms with Crippen LogP contribution in [0.3, 0.4) is 0 Å². The highest BCUT2D eigenvalue weighted by molar-refractivity contribution is 5.30. The van der Waals surface area contributed by atoms with E-state index in [-0.39, 0.29) is 6.10 Å². The van der Waals surface area contributed by atoms with Gasteiger partial charge in [-0.25, -0.2) is 4.98 Å². The van der Waals surface area contributed by atoms with Crippen LogP contribution in [0.4, 0.5) is 0 Å². The fourth-order valence-corrected chi connectivity index (χ4v) is 3.27. The van der Waals surface area contributed by atoms with Gasteiger partial charge >= 0.3 is 0 Å². The Morgan fingerprint density at radius 1 is 1.35 bits per heavy atom. The van der Waals surface area contributed by atoms with E-state index in [4.69, 9.17) is 9.47 Å². The molecular formula is C19H26N2O2. The molecule has 1 aliphatic heterocycles. The molecular weight excluding hydrogens is 288 g/mol. The maximum Gasteiger partial charge on any atom is 0.186 e. The Balaban J connectivity index is 1.75. The first-order valence-corrected chi connectivity index (χ1v) is 8.40. The second kappa shape index (κ2) is 6.85. The van der Waals surface area contributed by atoms with Crippen molar-refractivity contribution >= 4 is 0 Å². The highest BCUT2D eigenvalue weighted by atomic mass is 16.7. The summed E-state index contributed by atoms with van der Waals surface area (Å²) in [5, 5.41) is 0. The van der Waals surface area contributed by atoms with E-state index in [1.54, 1.807) is 6.20 Å². The predicted molar refractivity (Wildman–Crippen MR) is 90.3 cm³/mol. The van der Waals surface area contributed by atoms with Gasteiger partial charge in [-0.15, -0.1) is 0 Å². The van der Waals surface area contributed by atoms with Gasteiger partial charge in [-0.3, -0.25) is 0 Å². The van der Waals surface area contributed by atoms with Crippen molar-refractivity contribution in [2.75, 3.05) is 6.61 Å². The molecule has 4 nitrogen and oxygen atoms in total. The molecule has 0 bridgehead atoms. The summed E-state index contributed by atoms with van der Waals surface area (Å²) in [6.07, 6.45) is 8.56. The molecule has 3 rings (SSSR count). The summed E-state index contributed by atoms with van der Waals surface area (Å²) >= 11 is 0. The van der Waals surface area contributed by atoms with Gasteiger partial charge < -0.3 is 14.0 Å². The number of nitrogens with zero attached hydrogens (tertiary/aromatic N) is 2. The lowest BCUT2D eigenvalue weighted by Crippen LogP contribution is -2.47. The van der Waals surface area contributed by atoms with Crippen LogP contribution in [0.2, 0.25) is 0 Å². The zero-order valence-corrected chi connectivity index (χ0v) is 14.3. The van der Waals surface area contributed by atoms with Crippen molar-refractivity contribution in [1.82, 2.24) is 9.55 Å². The Labute approximate surface area is 138 Å². The molecule has 4 heteroatoms. The number of imidazole rings is 1. The summed E-state index contributed by atoms with van der Waals surface area (Å²) < 4.78 is 14.4. The minimum absolute atomic E-state index is 0.228. The van der Waals surface area contributed by atoms with Crippen LogP contribution in [0, 0.1) is 13.8 Å². The molecule has 0 amide bonds. The van der Waals surface area contributed by atoms with Crippen LogP contribution in [0.25, 0.3) is 0 Å². The fourth-order valence-electron chi connectivity index (χ4n) is 3.27. The van der Waals surface area contributed by atoms with Crippen molar-refractivity contribution in [3.05, 3.63) is 53.6 Å². The largest absolute Gasteiger partial charge is 0.348 e. The lowest BCUT2D eigenvalue weighted by Gasteiger charge is -2.40. The molecule has 1 aliphatic rings. The molecule has 1 saturated heterocycles. The number of rotatable bonds is 5. The number of hydrogen-bond donors (Lipinski definition) is 0. The molecule has 0 spiro atoms. The van der Waals surface area contributed by atoms with E-state index in [1.807, 2.05) is 17.1 Å². The molecule has 0 radical (unpaired) electrons. The van der Waals surface area contributed by atoms with E-state index in [9.17, 15) is 0 Å². The van der Waals surface area contributed by atoms with Crippen LogP contribution in [0.15, 0.2) is 36.9 Å². The van der Waals surface area contributed by atoms with Crippen LogP contribution in [-0.4, -0.2) is 28.0 Å². The van der Waals surface area contributed by atoms with Crippen LogP contribution in [0.1, 0.15) is 36.5 Å². The molecule has 0 aliphatic carbocycles. The van der Waals surface area contributed by atoms with E-state index in [0.717, 1.165) is 25.9 Å². The normalized spacial score (nSPS) is 24.7. The van der Waals surface area contributed by atoms with Gasteiger partial charge in [-0.05, 0) is 44.7 Å². The Bertz CT molecular complexity index is 639. The Kier molecular flexibility index (Phi) is 4.83. The van der Waals surface area contributed by atoms with Crippen molar-refractivity contribution in [3.8, 4) is 0 Å². The number of aromatic nitrogens is 2. The molecule has 2 aromatic rings. The first-order chi connectivity index (χ1) is 11.1. The quantitative estimate of drug-likeness (QED) is 0.845. The number of benzene rings is 1. The van der Waals surface area contributed by atoms with Gasteiger partial charge in [-0.1, -0.05) is 23.8 Å². The van der Waals surface area contributed by atoms with Crippen molar-refractivity contribution in [2.45, 2.75) is 58.5 Å². The molecule has 1 aromatic carbocycles. The van der Waals surface area contributed by atoms with E-state index in [0.29, 0.717) is 6.54 Å². The smallest absolute Gasteiger partial charge is 0.186 e. The van der Waals surface area contributed by atoms with Gasteiger partial charge in [0, 0.05) is 18.8 Å². The standard InChI is InChI=1S/C19H26N2O2/c1-15-4-5-18(16(2)12-15)6-8-19(13-21-10-9-20-14-21)22-11-7-17(3)23-19/h4-5,9-10,12,14,17H,6-8,11,13H2,1-3H3. The topological polar surface area (TPSA) is 36.3 Å². The van der Waals surface area contributed by atoms with Gasteiger partial charge in [0.1, 0.15) is 0 Å². The predicted octanol–water partition coefficient (Wildman–Crippen LogP) is 3.65. The van der Waals surface area contributed by atoms with E-state index in [1.165, 1.54) is 16.7 Å². The van der Waals surface area contributed by atoms with Crippen molar-refractivity contribution in [3.63, 3.8) is 0 Å². The third-order valence-electron chi connectivity index (χ3n) is 4.56.